The highest BCUT2D eigenvalue weighted by Gasteiger charge is 2.21. The fourth-order valence-corrected chi connectivity index (χ4v) is 2.82. The predicted molar refractivity (Wildman–Crippen MR) is 87.1 cm³/mol. The van der Waals surface area contributed by atoms with Crippen LogP contribution in [-0.2, 0) is 4.74 Å². The maximum Gasteiger partial charge on any atom is 0.407 e. The van der Waals surface area contributed by atoms with Gasteiger partial charge in [-0.2, -0.15) is 0 Å². The van der Waals surface area contributed by atoms with Gasteiger partial charge in [0.15, 0.2) is 0 Å². The van der Waals surface area contributed by atoms with E-state index >= 15 is 0 Å². The lowest BCUT2D eigenvalue weighted by atomic mass is 10.1. The van der Waals surface area contributed by atoms with Gasteiger partial charge in [0.05, 0.1) is 12.1 Å². The molecule has 1 aliphatic rings. The molecule has 0 spiro atoms. The molecule has 2 heterocycles. The van der Waals surface area contributed by atoms with Gasteiger partial charge >= 0.3 is 6.09 Å². The van der Waals surface area contributed by atoms with Crippen molar-refractivity contribution in [1.29, 1.82) is 0 Å². The van der Waals surface area contributed by atoms with E-state index in [4.69, 9.17) is 9.72 Å². The zero-order valence-electron chi connectivity index (χ0n) is 12.8. The number of carbonyl (C=O) groups excluding carboxylic acids is 1. The number of aromatic nitrogens is 1. The average molecular weight is 299 g/mol. The van der Waals surface area contributed by atoms with Gasteiger partial charge in [-0.1, -0.05) is 18.2 Å². The zero-order chi connectivity index (χ0) is 15.4. The Hall–Kier alpha value is -2.30. The van der Waals surface area contributed by atoms with E-state index in [2.05, 4.69) is 28.4 Å². The predicted octanol–water partition coefficient (Wildman–Crippen LogP) is 2.95. The van der Waals surface area contributed by atoms with Gasteiger partial charge in [-0.3, -0.25) is 0 Å². The molecule has 1 aromatic carbocycles. The van der Waals surface area contributed by atoms with Crippen LogP contribution in [0.4, 0.5) is 10.6 Å². The van der Waals surface area contributed by atoms with Crippen LogP contribution in [0.25, 0.3) is 10.9 Å². The molecule has 2 aromatic rings. The first kappa shape index (κ1) is 14.6. The molecule has 0 aliphatic carbocycles. The quantitative estimate of drug-likeness (QED) is 0.946. The third-order valence-corrected chi connectivity index (χ3v) is 4.00. The van der Waals surface area contributed by atoms with Gasteiger partial charge < -0.3 is 15.0 Å². The summed E-state index contributed by atoms with van der Waals surface area (Å²) < 4.78 is 4.93. The fourth-order valence-electron chi connectivity index (χ4n) is 2.82. The number of hydrogen-bond acceptors (Lipinski definition) is 4. The fraction of sp³-hybridized carbons (Fsp3) is 0.412. The summed E-state index contributed by atoms with van der Waals surface area (Å²) in [6.45, 7) is 4.00. The van der Waals surface area contributed by atoms with E-state index in [1.54, 1.807) is 0 Å². The minimum absolute atomic E-state index is 0.191. The zero-order valence-corrected chi connectivity index (χ0v) is 12.8. The number of nitrogens with zero attached hydrogens (tertiary/aromatic N) is 2. The first-order chi connectivity index (χ1) is 10.8. The summed E-state index contributed by atoms with van der Waals surface area (Å²) in [5.74, 6) is 1.01. The third kappa shape index (κ3) is 3.30. The second-order valence-electron chi connectivity index (χ2n) is 5.49. The number of anilines is 1. The topological polar surface area (TPSA) is 54.5 Å². The Morgan fingerprint density at radius 3 is 2.82 bits per heavy atom. The van der Waals surface area contributed by atoms with Crippen LogP contribution >= 0.6 is 0 Å². The van der Waals surface area contributed by atoms with Crippen molar-refractivity contribution < 1.29 is 9.53 Å². The normalized spacial score (nSPS) is 15.8. The molecule has 0 saturated carbocycles. The summed E-state index contributed by atoms with van der Waals surface area (Å²) in [6.07, 6.45) is 1.51. The maximum atomic E-state index is 11.4. The van der Waals surface area contributed by atoms with Crippen molar-refractivity contribution in [2.24, 2.45) is 0 Å². The average Bonchev–Trinajstić information content (AvgIpc) is 2.55. The minimum Gasteiger partial charge on any atom is -0.450 e. The molecule has 0 bridgehead atoms. The van der Waals surface area contributed by atoms with Crippen molar-refractivity contribution >= 4 is 22.8 Å². The van der Waals surface area contributed by atoms with Crippen LogP contribution in [0.3, 0.4) is 0 Å². The Kier molecular flexibility index (Phi) is 4.42. The lowest BCUT2D eigenvalue weighted by Crippen LogP contribution is -2.45. The number of alkyl carbamates (subject to hydrolysis) is 1. The smallest absolute Gasteiger partial charge is 0.407 e. The molecule has 1 aromatic heterocycles. The molecule has 5 nitrogen and oxygen atoms in total. The van der Waals surface area contributed by atoms with E-state index < -0.39 is 0 Å². The van der Waals surface area contributed by atoms with Gasteiger partial charge in [-0.15, -0.1) is 0 Å². The Balaban J connectivity index is 1.61. The molecule has 0 radical (unpaired) electrons. The van der Waals surface area contributed by atoms with Crippen molar-refractivity contribution in [3.05, 3.63) is 36.4 Å². The summed E-state index contributed by atoms with van der Waals surface area (Å²) in [5, 5.41) is 4.07. The molecule has 22 heavy (non-hydrogen) atoms. The summed E-state index contributed by atoms with van der Waals surface area (Å²) in [7, 11) is 0. The molecule has 116 valence electrons. The van der Waals surface area contributed by atoms with Crippen molar-refractivity contribution in [2.45, 2.75) is 25.8 Å². The van der Waals surface area contributed by atoms with E-state index in [1.807, 2.05) is 25.1 Å². The number of fused-ring (bicyclic) bond motifs is 1. The molecular formula is C17H21N3O2. The number of hydrogen-bond donors (Lipinski definition) is 1. The molecule has 0 unspecified atom stereocenters. The number of rotatable bonds is 3. The largest absolute Gasteiger partial charge is 0.450 e. The Labute approximate surface area is 130 Å². The molecule has 1 amide bonds. The van der Waals surface area contributed by atoms with Crippen molar-refractivity contribution in [1.82, 2.24) is 10.3 Å². The van der Waals surface area contributed by atoms with Crippen LogP contribution in [0.2, 0.25) is 0 Å². The van der Waals surface area contributed by atoms with Crippen LogP contribution < -0.4 is 10.2 Å². The SMILES string of the molecule is CCOC(=O)NC1CCN(c2ccc3ccccc3n2)CC1. The molecule has 1 aliphatic heterocycles. The Morgan fingerprint density at radius 2 is 2.05 bits per heavy atom. The summed E-state index contributed by atoms with van der Waals surface area (Å²) in [6, 6.07) is 12.5. The number of amides is 1. The van der Waals surface area contributed by atoms with Crippen LogP contribution in [0.1, 0.15) is 19.8 Å². The number of para-hydroxylation sites is 1. The number of ether oxygens (including phenoxy) is 1. The van der Waals surface area contributed by atoms with Gasteiger partial charge in [0.25, 0.3) is 0 Å². The van der Waals surface area contributed by atoms with Crippen molar-refractivity contribution in [2.75, 3.05) is 24.6 Å². The van der Waals surface area contributed by atoms with Crippen LogP contribution in [0.5, 0.6) is 0 Å². The highest BCUT2D eigenvalue weighted by atomic mass is 16.5. The Bertz CT molecular complexity index is 651. The lowest BCUT2D eigenvalue weighted by Gasteiger charge is -2.33. The van der Waals surface area contributed by atoms with Crippen LogP contribution in [0.15, 0.2) is 36.4 Å². The van der Waals surface area contributed by atoms with E-state index in [0.29, 0.717) is 6.61 Å². The molecule has 3 rings (SSSR count). The standard InChI is InChI=1S/C17H21N3O2/c1-2-22-17(21)18-14-9-11-20(12-10-14)16-8-7-13-5-3-4-6-15(13)19-16/h3-8,14H,2,9-12H2,1H3,(H,18,21). The van der Waals surface area contributed by atoms with Crippen molar-refractivity contribution in [3.63, 3.8) is 0 Å². The monoisotopic (exact) mass is 299 g/mol. The van der Waals surface area contributed by atoms with Crippen LogP contribution in [0, 0.1) is 0 Å². The van der Waals surface area contributed by atoms with Gasteiger partial charge in [-0.25, -0.2) is 9.78 Å². The molecule has 5 heteroatoms. The number of piperidine rings is 1. The highest BCUT2D eigenvalue weighted by molar-refractivity contribution is 5.80. The molecule has 0 atom stereocenters. The molecule has 1 fully saturated rings. The van der Waals surface area contributed by atoms with Crippen molar-refractivity contribution in [3.8, 4) is 0 Å². The Morgan fingerprint density at radius 1 is 1.27 bits per heavy atom. The van der Waals surface area contributed by atoms with Gasteiger partial charge in [0, 0.05) is 24.5 Å². The van der Waals surface area contributed by atoms with E-state index in [-0.39, 0.29) is 12.1 Å². The maximum absolute atomic E-state index is 11.4. The lowest BCUT2D eigenvalue weighted by molar-refractivity contribution is 0.146. The van der Waals surface area contributed by atoms with Gasteiger partial charge in [0.2, 0.25) is 0 Å². The van der Waals surface area contributed by atoms with E-state index in [1.165, 1.54) is 0 Å². The minimum atomic E-state index is -0.315. The number of carbonyl (C=O) groups is 1. The number of benzene rings is 1. The first-order valence-corrected chi connectivity index (χ1v) is 7.80. The van der Waals surface area contributed by atoms with Gasteiger partial charge in [-0.05, 0) is 38.0 Å². The number of pyridine rings is 1. The molecular weight excluding hydrogens is 278 g/mol. The second-order valence-corrected chi connectivity index (χ2v) is 5.49. The first-order valence-electron chi connectivity index (χ1n) is 7.80. The number of nitrogens with one attached hydrogen (secondary N) is 1. The third-order valence-electron chi connectivity index (χ3n) is 4.00. The van der Waals surface area contributed by atoms with E-state index in [0.717, 1.165) is 42.7 Å². The molecule has 1 N–H and O–H groups in total. The van der Waals surface area contributed by atoms with Gasteiger partial charge in [0.1, 0.15) is 5.82 Å². The molecule has 1 saturated heterocycles. The summed E-state index contributed by atoms with van der Waals surface area (Å²) in [4.78, 5) is 18.5. The highest BCUT2D eigenvalue weighted by Crippen LogP contribution is 2.21. The second kappa shape index (κ2) is 6.64. The van der Waals surface area contributed by atoms with E-state index in [9.17, 15) is 4.79 Å². The summed E-state index contributed by atoms with van der Waals surface area (Å²) in [5.41, 5.74) is 1.02. The van der Waals surface area contributed by atoms with Crippen LogP contribution in [-0.4, -0.2) is 36.8 Å². The summed E-state index contributed by atoms with van der Waals surface area (Å²) >= 11 is 0.